The highest BCUT2D eigenvalue weighted by molar-refractivity contribution is 5.90. The molecule has 1 atom stereocenters. The van der Waals surface area contributed by atoms with Crippen LogP contribution in [0.3, 0.4) is 0 Å². The number of rotatable bonds is 8. The Hall–Kier alpha value is -4.78. The van der Waals surface area contributed by atoms with Crippen molar-refractivity contribution < 1.29 is 33.0 Å². The highest BCUT2D eigenvalue weighted by atomic mass is 19.1. The molecule has 7 heteroatoms. The summed E-state index contributed by atoms with van der Waals surface area (Å²) in [5.74, 6) is -1.97. The van der Waals surface area contributed by atoms with Crippen molar-refractivity contribution in [3.63, 3.8) is 0 Å². The molecule has 0 saturated heterocycles. The summed E-state index contributed by atoms with van der Waals surface area (Å²) < 4.78 is 31.7. The number of aryl methyl sites for hydroxylation is 1. The van der Waals surface area contributed by atoms with Crippen LogP contribution in [-0.2, 0) is 25.5 Å². The maximum absolute atomic E-state index is 15.5. The average molecular weight is 541 g/mol. The fraction of sp³-hybridized carbons (Fsp3) is 0.182. The minimum absolute atomic E-state index is 0.111. The van der Waals surface area contributed by atoms with Gasteiger partial charge in [0.15, 0.2) is 0 Å². The second-order valence-corrected chi connectivity index (χ2v) is 9.85. The zero-order chi connectivity index (χ0) is 29.1. The van der Waals surface area contributed by atoms with Crippen LogP contribution in [0.15, 0.2) is 91.1 Å². The van der Waals surface area contributed by atoms with Crippen LogP contribution in [-0.4, -0.2) is 17.9 Å². The minimum atomic E-state index is -0.649. The van der Waals surface area contributed by atoms with Crippen molar-refractivity contribution in [2.75, 3.05) is 0 Å². The molecule has 0 N–H and O–H groups in total. The smallest absolute Gasteiger partial charge is 0.338 e. The molecule has 0 fully saturated rings. The van der Waals surface area contributed by atoms with E-state index in [1.807, 2.05) is 12.1 Å². The molecular formula is C33H29FO6. The normalized spacial score (nSPS) is 13.7. The van der Waals surface area contributed by atoms with Crippen LogP contribution in [0.5, 0.6) is 11.5 Å². The van der Waals surface area contributed by atoms with Crippen LogP contribution in [0.1, 0.15) is 44.4 Å². The van der Waals surface area contributed by atoms with Crippen molar-refractivity contribution in [1.29, 1.82) is 0 Å². The monoisotopic (exact) mass is 540 g/mol. The topological polar surface area (TPSA) is 78.9 Å². The van der Waals surface area contributed by atoms with Gasteiger partial charge in [0.2, 0.25) is 0 Å². The summed E-state index contributed by atoms with van der Waals surface area (Å²) in [4.78, 5) is 36.2. The molecule has 0 aliphatic heterocycles. The largest absolute Gasteiger partial charge is 0.454 e. The lowest BCUT2D eigenvalue weighted by Crippen LogP contribution is -2.10. The number of carbonyl (C=O) groups excluding carboxylic acids is 3. The number of halogens is 1. The van der Waals surface area contributed by atoms with E-state index in [1.54, 1.807) is 37.3 Å². The molecule has 0 aromatic heterocycles. The number of fused-ring (bicyclic) bond motifs is 1. The van der Waals surface area contributed by atoms with E-state index in [2.05, 4.69) is 19.7 Å². The number of carbonyl (C=O) groups is 3. The van der Waals surface area contributed by atoms with E-state index >= 15 is 4.39 Å². The van der Waals surface area contributed by atoms with E-state index in [-0.39, 0.29) is 28.7 Å². The van der Waals surface area contributed by atoms with E-state index in [9.17, 15) is 14.4 Å². The fourth-order valence-corrected chi connectivity index (χ4v) is 4.27. The Morgan fingerprint density at radius 2 is 1.30 bits per heavy atom. The second kappa shape index (κ2) is 11.5. The molecule has 40 heavy (non-hydrogen) atoms. The van der Waals surface area contributed by atoms with Crippen LogP contribution >= 0.6 is 0 Å². The third-order valence-electron chi connectivity index (χ3n) is 6.37. The van der Waals surface area contributed by atoms with Gasteiger partial charge in [0, 0.05) is 28.3 Å². The van der Waals surface area contributed by atoms with E-state index in [4.69, 9.17) is 14.2 Å². The van der Waals surface area contributed by atoms with Crippen LogP contribution in [0.25, 0.3) is 22.3 Å². The average Bonchev–Trinajstić information content (AvgIpc) is 3.29. The predicted molar refractivity (Wildman–Crippen MR) is 150 cm³/mol. The summed E-state index contributed by atoms with van der Waals surface area (Å²) in [6, 6.07) is 14.8. The third kappa shape index (κ3) is 6.26. The third-order valence-corrected chi connectivity index (χ3v) is 6.37. The van der Waals surface area contributed by atoms with Gasteiger partial charge < -0.3 is 14.2 Å². The maximum atomic E-state index is 15.5. The lowest BCUT2D eigenvalue weighted by molar-refractivity contribution is -0.144. The van der Waals surface area contributed by atoms with Crippen LogP contribution < -0.4 is 9.47 Å². The van der Waals surface area contributed by atoms with Crippen molar-refractivity contribution in [3.8, 4) is 33.8 Å². The Labute approximate surface area is 232 Å². The Bertz CT molecular complexity index is 1540. The van der Waals surface area contributed by atoms with Crippen molar-refractivity contribution >= 4 is 17.9 Å². The van der Waals surface area contributed by atoms with Gasteiger partial charge in [-0.15, -0.1) is 0 Å². The van der Waals surface area contributed by atoms with Crippen LogP contribution in [0.4, 0.5) is 4.39 Å². The van der Waals surface area contributed by atoms with Crippen LogP contribution in [0.2, 0.25) is 0 Å². The molecule has 4 rings (SSSR count). The highest BCUT2D eigenvalue weighted by Crippen LogP contribution is 2.38. The summed E-state index contributed by atoms with van der Waals surface area (Å²) >= 11 is 0. The SMILES string of the molecule is C=C(C)C(=O)Oc1cc(OC(=O)C(=C)C)cc(-c2ccc(-c3ccc4c(c3)CCC4OC(=O)C(=C)C)c(F)c2)c1. The highest BCUT2D eigenvalue weighted by Gasteiger charge is 2.26. The van der Waals surface area contributed by atoms with Gasteiger partial charge in [-0.2, -0.15) is 0 Å². The number of hydrogen-bond donors (Lipinski definition) is 0. The summed E-state index contributed by atoms with van der Waals surface area (Å²) in [5.41, 5.74) is 4.67. The van der Waals surface area contributed by atoms with E-state index in [0.717, 1.165) is 11.1 Å². The van der Waals surface area contributed by atoms with Gasteiger partial charge in [-0.25, -0.2) is 18.8 Å². The van der Waals surface area contributed by atoms with Gasteiger partial charge >= 0.3 is 17.9 Å². The molecule has 0 bridgehead atoms. The van der Waals surface area contributed by atoms with Crippen molar-refractivity contribution in [1.82, 2.24) is 0 Å². The molecule has 6 nitrogen and oxygen atoms in total. The Morgan fingerprint density at radius 3 is 1.85 bits per heavy atom. The molecule has 0 amide bonds. The zero-order valence-electron chi connectivity index (χ0n) is 22.6. The molecular weight excluding hydrogens is 511 g/mol. The van der Waals surface area contributed by atoms with Crippen molar-refractivity contribution in [2.24, 2.45) is 0 Å². The summed E-state index contributed by atoms with van der Waals surface area (Å²) in [5, 5.41) is 0. The van der Waals surface area contributed by atoms with Gasteiger partial charge in [0.25, 0.3) is 0 Å². The quantitative estimate of drug-likeness (QED) is 0.170. The molecule has 0 radical (unpaired) electrons. The number of esters is 3. The van der Waals surface area contributed by atoms with E-state index < -0.39 is 23.7 Å². The molecule has 1 aliphatic carbocycles. The first-order chi connectivity index (χ1) is 18.9. The fourth-order valence-electron chi connectivity index (χ4n) is 4.27. The molecule has 3 aromatic rings. The van der Waals surface area contributed by atoms with Crippen molar-refractivity contribution in [3.05, 3.63) is 108 Å². The zero-order valence-corrected chi connectivity index (χ0v) is 22.6. The van der Waals surface area contributed by atoms with Gasteiger partial charge in [-0.1, -0.05) is 50.1 Å². The van der Waals surface area contributed by atoms with Gasteiger partial charge in [0.1, 0.15) is 23.4 Å². The molecule has 3 aromatic carbocycles. The maximum Gasteiger partial charge on any atom is 0.338 e. The predicted octanol–water partition coefficient (Wildman–Crippen LogP) is 7.23. The van der Waals surface area contributed by atoms with E-state index in [0.29, 0.717) is 40.7 Å². The Balaban J connectivity index is 1.65. The molecule has 1 aliphatic rings. The number of benzene rings is 3. The molecule has 0 heterocycles. The van der Waals surface area contributed by atoms with Gasteiger partial charge in [-0.3, -0.25) is 0 Å². The Kier molecular flexibility index (Phi) is 8.14. The van der Waals surface area contributed by atoms with Crippen LogP contribution in [0, 0.1) is 5.82 Å². The number of hydrogen-bond acceptors (Lipinski definition) is 6. The van der Waals surface area contributed by atoms with Gasteiger partial charge in [-0.05, 0) is 79.6 Å². The van der Waals surface area contributed by atoms with Crippen molar-refractivity contribution in [2.45, 2.75) is 39.7 Å². The van der Waals surface area contributed by atoms with E-state index in [1.165, 1.54) is 26.0 Å². The number of ether oxygens (including phenoxy) is 3. The lowest BCUT2D eigenvalue weighted by atomic mass is 9.97. The first-order valence-corrected chi connectivity index (χ1v) is 12.6. The summed E-state index contributed by atoms with van der Waals surface area (Å²) in [7, 11) is 0. The molecule has 204 valence electrons. The molecule has 0 spiro atoms. The second-order valence-electron chi connectivity index (χ2n) is 9.85. The lowest BCUT2D eigenvalue weighted by Gasteiger charge is -2.14. The summed E-state index contributed by atoms with van der Waals surface area (Å²) in [6.07, 6.45) is 1.02. The standard InChI is InChI=1S/C33H29FO6/c1-18(2)31(35)38-25-14-24(15-26(17-25)39-32(36)19(3)4)21-7-10-27(29(34)16-21)22-8-11-28-23(13-22)9-12-30(28)40-33(37)20(5)6/h7-8,10-11,13-17,30H,1,3,5,9,12H2,2,4,6H3. The van der Waals surface area contributed by atoms with Gasteiger partial charge in [0.05, 0.1) is 0 Å². The molecule has 0 saturated carbocycles. The first-order valence-electron chi connectivity index (χ1n) is 12.6. The molecule has 1 unspecified atom stereocenters. The minimum Gasteiger partial charge on any atom is -0.454 e. The first kappa shape index (κ1) is 28.2. The Morgan fingerprint density at radius 1 is 0.725 bits per heavy atom. The summed E-state index contributed by atoms with van der Waals surface area (Å²) in [6.45, 7) is 15.4.